The lowest BCUT2D eigenvalue weighted by molar-refractivity contribution is 0.0600. The highest BCUT2D eigenvalue weighted by atomic mass is 16.5. The Morgan fingerprint density at radius 2 is 2.05 bits per heavy atom. The van der Waals surface area contributed by atoms with Gasteiger partial charge in [-0.1, -0.05) is 6.92 Å². The first kappa shape index (κ1) is 13.3. The number of aromatic nitrogens is 2. The van der Waals surface area contributed by atoms with Gasteiger partial charge in [0.05, 0.1) is 12.7 Å². The molecule has 0 aliphatic rings. The van der Waals surface area contributed by atoms with Gasteiger partial charge < -0.3 is 9.30 Å². The Morgan fingerprint density at radius 1 is 1.37 bits per heavy atom. The van der Waals surface area contributed by atoms with Crippen molar-refractivity contribution in [1.82, 2.24) is 9.55 Å². The maximum atomic E-state index is 11.8. The second-order valence-corrected chi connectivity index (χ2v) is 4.41. The molecule has 4 heteroatoms. The summed E-state index contributed by atoms with van der Waals surface area (Å²) >= 11 is 0. The molecule has 0 N–H and O–H groups in total. The molecule has 0 radical (unpaired) electrons. The van der Waals surface area contributed by atoms with Crippen LogP contribution in [-0.4, -0.2) is 22.6 Å². The quantitative estimate of drug-likeness (QED) is 0.792. The summed E-state index contributed by atoms with van der Waals surface area (Å²) < 4.78 is 6.99. The Labute approximate surface area is 113 Å². The first-order chi connectivity index (χ1) is 9.19. The molecule has 2 aromatic rings. The van der Waals surface area contributed by atoms with Gasteiger partial charge >= 0.3 is 5.97 Å². The van der Waals surface area contributed by atoms with Gasteiger partial charge in [-0.05, 0) is 31.5 Å². The Balaban J connectivity index is 2.56. The minimum atomic E-state index is -0.289. The summed E-state index contributed by atoms with van der Waals surface area (Å²) in [6, 6.07) is 5.79. The number of carbonyl (C=O) groups is 1. The van der Waals surface area contributed by atoms with E-state index in [0.717, 1.165) is 29.9 Å². The average Bonchev–Trinajstić information content (AvgIpc) is 2.77. The second kappa shape index (κ2) is 5.69. The smallest absolute Gasteiger partial charge is 0.339 e. The van der Waals surface area contributed by atoms with Crippen LogP contribution in [0, 0.1) is 6.92 Å². The number of esters is 1. The normalized spacial score (nSPS) is 10.5. The number of carbonyl (C=O) groups excluding carboxylic acids is 1. The van der Waals surface area contributed by atoms with Crippen molar-refractivity contribution >= 4 is 5.97 Å². The van der Waals surface area contributed by atoms with E-state index in [-0.39, 0.29) is 5.97 Å². The molecule has 0 saturated heterocycles. The Kier molecular flexibility index (Phi) is 4.00. The zero-order valence-electron chi connectivity index (χ0n) is 11.5. The highest BCUT2D eigenvalue weighted by Crippen LogP contribution is 2.26. The molecule has 4 nitrogen and oxygen atoms in total. The van der Waals surface area contributed by atoms with Crippen molar-refractivity contribution in [3.05, 3.63) is 41.9 Å². The van der Waals surface area contributed by atoms with Crippen LogP contribution in [0.15, 0.2) is 30.6 Å². The van der Waals surface area contributed by atoms with Crippen LogP contribution in [0.2, 0.25) is 0 Å². The summed E-state index contributed by atoms with van der Waals surface area (Å²) in [5, 5.41) is 0. The van der Waals surface area contributed by atoms with Crippen molar-refractivity contribution in [2.24, 2.45) is 0 Å². The minimum Gasteiger partial charge on any atom is -0.465 e. The fourth-order valence-electron chi connectivity index (χ4n) is 2.24. The van der Waals surface area contributed by atoms with Crippen molar-refractivity contribution < 1.29 is 9.53 Å². The molecule has 0 aliphatic carbocycles. The van der Waals surface area contributed by atoms with Crippen LogP contribution in [0.25, 0.3) is 11.3 Å². The minimum absolute atomic E-state index is 0.289. The number of hydrogen-bond donors (Lipinski definition) is 0. The van der Waals surface area contributed by atoms with E-state index in [9.17, 15) is 4.79 Å². The maximum Gasteiger partial charge on any atom is 0.339 e. The molecule has 0 atom stereocenters. The Morgan fingerprint density at radius 3 is 2.63 bits per heavy atom. The molecule has 0 unspecified atom stereocenters. The predicted octanol–water partition coefficient (Wildman–Crippen LogP) is 3.06. The van der Waals surface area contributed by atoms with Crippen LogP contribution in [0.3, 0.4) is 0 Å². The van der Waals surface area contributed by atoms with Crippen LogP contribution in [-0.2, 0) is 11.3 Å². The van der Waals surface area contributed by atoms with Crippen LogP contribution < -0.4 is 0 Å². The summed E-state index contributed by atoms with van der Waals surface area (Å²) in [4.78, 5) is 15.8. The molecule has 100 valence electrons. The zero-order chi connectivity index (χ0) is 13.8. The molecule has 2 heterocycles. The third-order valence-corrected chi connectivity index (χ3v) is 3.20. The highest BCUT2D eigenvalue weighted by Gasteiger charge is 2.18. The fraction of sp³-hybridized carbons (Fsp3) is 0.333. The number of nitrogens with zero attached hydrogens (tertiary/aromatic N) is 2. The van der Waals surface area contributed by atoms with E-state index in [1.54, 1.807) is 12.4 Å². The second-order valence-electron chi connectivity index (χ2n) is 4.41. The average molecular weight is 258 g/mol. The monoisotopic (exact) mass is 258 g/mol. The van der Waals surface area contributed by atoms with Crippen LogP contribution in [0.1, 0.15) is 29.4 Å². The molecule has 0 spiro atoms. The first-order valence-electron chi connectivity index (χ1n) is 6.37. The summed E-state index contributed by atoms with van der Waals surface area (Å²) in [5.41, 5.74) is 3.66. The van der Waals surface area contributed by atoms with E-state index in [2.05, 4.69) is 16.5 Å². The van der Waals surface area contributed by atoms with Gasteiger partial charge in [0.15, 0.2) is 0 Å². The van der Waals surface area contributed by atoms with Gasteiger partial charge in [-0.15, -0.1) is 0 Å². The molecule has 0 aromatic carbocycles. The Bertz CT molecular complexity index is 573. The van der Waals surface area contributed by atoms with Crippen LogP contribution >= 0.6 is 0 Å². The number of rotatable bonds is 4. The maximum absolute atomic E-state index is 11.8. The lowest BCUT2D eigenvalue weighted by atomic mass is 10.2. The molecule has 2 rings (SSSR count). The van der Waals surface area contributed by atoms with Gasteiger partial charge in [-0.25, -0.2) is 4.79 Å². The van der Waals surface area contributed by atoms with E-state index < -0.39 is 0 Å². The van der Waals surface area contributed by atoms with E-state index in [1.165, 1.54) is 7.11 Å². The fourth-order valence-corrected chi connectivity index (χ4v) is 2.24. The summed E-state index contributed by atoms with van der Waals surface area (Å²) in [5.74, 6) is -0.289. The molecule has 0 fully saturated rings. The van der Waals surface area contributed by atoms with Crippen LogP contribution in [0.5, 0.6) is 0 Å². The topological polar surface area (TPSA) is 44.1 Å². The largest absolute Gasteiger partial charge is 0.465 e. The highest BCUT2D eigenvalue weighted by molar-refractivity contribution is 5.92. The van der Waals surface area contributed by atoms with Crippen LogP contribution in [0.4, 0.5) is 0 Å². The summed E-state index contributed by atoms with van der Waals surface area (Å²) in [7, 11) is 1.41. The van der Waals surface area contributed by atoms with Crippen molar-refractivity contribution in [3.8, 4) is 11.3 Å². The van der Waals surface area contributed by atoms with E-state index in [0.29, 0.717) is 5.56 Å². The third-order valence-electron chi connectivity index (χ3n) is 3.20. The first-order valence-corrected chi connectivity index (χ1v) is 6.37. The van der Waals surface area contributed by atoms with Gasteiger partial charge in [-0.3, -0.25) is 4.98 Å². The van der Waals surface area contributed by atoms with Gasteiger partial charge in [0, 0.05) is 35.9 Å². The Hall–Kier alpha value is -2.10. The molecule has 0 aliphatic heterocycles. The van der Waals surface area contributed by atoms with E-state index in [1.807, 2.05) is 25.1 Å². The molecule has 0 saturated carbocycles. The van der Waals surface area contributed by atoms with Gasteiger partial charge in [0.1, 0.15) is 0 Å². The predicted molar refractivity (Wildman–Crippen MR) is 74.0 cm³/mol. The van der Waals surface area contributed by atoms with Gasteiger partial charge in [0.2, 0.25) is 0 Å². The number of ether oxygens (including phenoxy) is 1. The number of methoxy groups -OCH3 is 1. The summed E-state index contributed by atoms with van der Waals surface area (Å²) in [6.45, 7) is 4.95. The molecular weight excluding hydrogens is 240 g/mol. The molecule has 2 aromatic heterocycles. The van der Waals surface area contributed by atoms with Crippen molar-refractivity contribution in [2.75, 3.05) is 7.11 Å². The molecule has 0 amide bonds. The number of hydrogen-bond acceptors (Lipinski definition) is 3. The van der Waals surface area contributed by atoms with Crippen molar-refractivity contribution in [2.45, 2.75) is 26.8 Å². The van der Waals surface area contributed by atoms with Crippen molar-refractivity contribution in [3.63, 3.8) is 0 Å². The van der Waals surface area contributed by atoms with Gasteiger partial charge in [0.25, 0.3) is 0 Å². The number of pyridine rings is 1. The third kappa shape index (κ3) is 2.52. The van der Waals surface area contributed by atoms with Gasteiger partial charge in [-0.2, -0.15) is 0 Å². The van der Waals surface area contributed by atoms with E-state index >= 15 is 0 Å². The van der Waals surface area contributed by atoms with E-state index in [4.69, 9.17) is 4.74 Å². The SMILES string of the molecule is CCCn1c(-c2ccncc2)cc(C(=O)OC)c1C. The molecule has 19 heavy (non-hydrogen) atoms. The van der Waals surface area contributed by atoms with Crippen molar-refractivity contribution in [1.29, 1.82) is 0 Å². The lowest BCUT2D eigenvalue weighted by Crippen LogP contribution is -2.05. The molecule has 0 bridgehead atoms. The molecular formula is C15H18N2O2. The lowest BCUT2D eigenvalue weighted by Gasteiger charge is -2.10. The standard InChI is InChI=1S/C15H18N2O2/c1-4-9-17-11(2)13(15(18)19-3)10-14(17)12-5-7-16-8-6-12/h5-8,10H,4,9H2,1-3H3. The summed E-state index contributed by atoms with van der Waals surface area (Å²) in [6.07, 6.45) is 4.52. The zero-order valence-corrected chi connectivity index (χ0v) is 11.5.